The van der Waals surface area contributed by atoms with Crippen molar-refractivity contribution in [2.24, 2.45) is 0 Å². The first-order chi connectivity index (χ1) is 9.20. The van der Waals surface area contributed by atoms with Gasteiger partial charge in [-0.3, -0.25) is 4.40 Å². The number of aromatic hydroxyl groups is 1. The van der Waals surface area contributed by atoms with E-state index in [1.807, 2.05) is 22.7 Å². The second-order valence-electron chi connectivity index (χ2n) is 4.05. The number of fused-ring (bicyclic) bond motifs is 1. The molecule has 0 atom stereocenters. The predicted molar refractivity (Wildman–Crippen MR) is 74.6 cm³/mol. The molecule has 0 aliphatic heterocycles. The summed E-state index contributed by atoms with van der Waals surface area (Å²) < 4.78 is 1.87. The molecule has 2 N–H and O–H groups in total. The molecule has 0 aliphatic carbocycles. The molecule has 0 amide bonds. The highest BCUT2D eigenvalue weighted by molar-refractivity contribution is 6.30. The highest BCUT2D eigenvalue weighted by Crippen LogP contribution is 2.33. The van der Waals surface area contributed by atoms with Crippen LogP contribution in [0.15, 0.2) is 36.5 Å². The second-order valence-corrected chi connectivity index (χ2v) is 4.48. The van der Waals surface area contributed by atoms with E-state index in [0.29, 0.717) is 22.2 Å². The minimum Gasteiger partial charge on any atom is -0.507 e. The van der Waals surface area contributed by atoms with Crippen LogP contribution in [0.5, 0.6) is 5.75 Å². The second kappa shape index (κ2) is 4.44. The van der Waals surface area contributed by atoms with Crippen molar-refractivity contribution in [3.8, 4) is 17.0 Å². The fraction of sp³-hybridized carbons (Fsp3) is 0.0769. The number of phenols is 1. The van der Waals surface area contributed by atoms with Crippen molar-refractivity contribution in [1.29, 1.82) is 0 Å². The molecule has 3 rings (SSSR count). The minimum atomic E-state index is 0.0853. The molecule has 0 aliphatic rings. The molecule has 6 heteroatoms. The zero-order valence-electron chi connectivity index (χ0n) is 10.1. The maximum Gasteiger partial charge on any atom is 0.227 e. The Kier molecular flexibility index (Phi) is 2.76. The molecule has 0 spiro atoms. The van der Waals surface area contributed by atoms with Crippen LogP contribution in [0.4, 0.5) is 5.95 Å². The molecule has 0 unspecified atom stereocenters. The number of halogens is 1. The van der Waals surface area contributed by atoms with Gasteiger partial charge >= 0.3 is 0 Å². The van der Waals surface area contributed by atoms with Crippen LogP contribution in [0.2, 0.25) is 5.02 Å². The van der Waals surface area contributed by atoms with E-state index in [2.05, 4.69) is 15.5 Å². The molecular formula is C13H11ClN4O. The van der Waals surface area contributed by atoms with Crippen molar-refractivity contribution < 1.29 is 5.11 Å². The molecule has 0 fully saturated rings. The van der Waals surface area contributed by atoms with E-state index < -0.39 is 0 Å². The minimum absolute atomic E-state index is 0.0853. The highest BCUT2D eigenvalue weighted by Gasteiger charge is 2.13. The molecule has 96 valence electrons. The fourth-order valence-corrected chi connectivity index (χ4v) is 2.19. The van der Waals surface area contributed by atoms with Crippen molar-refractivity contribution in [2.45, 2.75) is 0 Å². The van der Waals surface area contributed by atoms with E-state index in [1.165, 1.54) is 6.07 Å². The van der Waals surface area contributed by atoms with Crippen molar-refractivity contribution in [3.63, 3.8) is 0 Å². The van der Waals surface area contributed by atoms with E-state index >= 15 is 0 Å². The number of hydrogen-bond acceptors (Lipinski definition) is 4. The van der Waals surface area contributed by atoms with Crippen LogP contribution >= 0.6 is 11.6 Å². The van der Waals surface area contributed by atoms with E-state index in [4.69, 9.17) is 11.6 Å². The predicted octanol–water partition coefficient (Wildman–Crippen LogP) is 2.80. The van der Waals surface area contributed by atoms with Crippen LogP contribution in [0, 0.1) is 0 Å². The van der Waals surface area contributed by atoms with Gasteiger partial charge in [0.25, 0.3) is 0 Å². The molecule has 0 bridgehead atoms. The van der Waals surface area contributed by atoms with Crippen molar-refractivity contribution in [3.05, 3.63) is 41.6 Å². The third-order valence-electron chi connectivity index (χ3n) is 2.90. The van der Waals surface area contributed by atoms with Crippen LogP contribution in [0.3, 0.4) is 0 Å². The normalized spacial score (nSPS) is 10.8. The molecule has 0 radical (unpaired) electrons. The van der Waals surface area contributed by atoms with Gasteiger partial charge in [0.05, 0.1) is 5.52 Å². The Hall–Kier alpha value is -2.27. The molecule has 1 aromatic carbocycles. The molecule has 2 heterocycles. The van der Waals surface area contributed by atoms with Gasteiger partial charge in [-0.25, -0.2) is 0 Å². The number of aromatic nitrogens is 3. The Balaban J connectivity index is 2.28. The SMILES string of the molecule is CNc1nnc(-c2ccc(Cl)cc2O)c2cccn12. The lowest BCUT2D eigenvalue weighted by Gasteiger charge is -2.09. The van der Waals surface area contributed by atoms with E-state index in [-0.39, 0.29) is 5.75 Å². The van der Waals surface area contributed by atoms with E-state index in [0.717, 1.165) is 5.52 Å². The van der Waals surface area contributed by atoms with Crippen molar-refractivity contribution >= 4 is 23.1 Å². The van der Waals surface area contributed by atoms with E-state index in [1.54, 1.807) is 19.2 Å². The molecule has 3 aromatic rings. The number of nitrogens with zero attached hydrogens (tertiary/aromatic N) is 3. The maximum atomic E-state index is 9.99. The number of hydrogen-bond donors (Lipinski definition) is 2. The fourth-order valence-electron chi connectivity index (χ4n) is 2.02. The Morgan fingerprint density at radius 3 is 2.84 bits per heavy atom. The average Bonchev–Trinajstić information content (AvgIpc) is 2.87. The number of phenolic OH excluding ortho intramolecular Hbond substituents is 1. The first kappa shape index (κ1) is 11.8. The van der Waals surface area contributed by atoms with Gasteiger partial charge < -0.3 is 10.4 Å². The van der Waals surface area contributed by atoms with E-state index in [9.17, 15) is 5.11 Å². The summed E-state index contributed by atoms with van der Waals surface area (Å²) in [5.74, 6) is 0.722. The Morgan fingerprint density at radius 1 is 1.26 bits per heavy atom. The Labute approximate surface area is 114 Å². The molecule has 19 heavy (non-hydrogen) atoms. The lowest BCUT2D eigenvalue weighted by molar-refractivity contribution is 0.477. The number of nitrogens with one attached hydrogen (secondary N) is 1. The van der Waals surface area contributed by atoms with Crippen molar-refractivity contribution in [1.82, 2.24) is 14.6 Å². The first-order valence-corrected chi connectivity index (χ1v) is 6.09. The van der Waals surface area contributed by atoms with Crippen LogP contribution in [-0.4, -0.2) is 26.8 Å². The lowest BCUT2D eigenvalue weighted by Crippen LogP contribution is -2.03. The van der Waals surface area contributed by atoms with Crippen LogP contribution in [0.1, 0.15) is 0 Å². The van der Waals surface area contributed by atoms with Crippen molar-refractivity contribution in [2.75, 3.05) is 12.4 Å². The zero-order chi connectivity index (χ0) is 13.4. The maximum absolute atomic E-state index is 9.99. The largest absolute Gasteiger partial charge is 0.507 e. The Bertz CT molecular complexity index is 753. The first-order valence-electron chi connectivity index (χ1n) is 5.71. The van der Waals surface area contributed by atoms with Gasteiger partial charge in [-0.2, -0.15) is 0 Å². The highest BCUT2D eigenvalue weighted by atomic mass is 35.5. The molecule has 0 saturated heterocycles. The summed E-state index contributed by atoms with van der Waals surface area (Å²) in [6, 6.07) is 8.75. The monoisotopic (exact) mass is 274 g/mol. The molecule has 0 saturated carbocycles. The summed E-state index contributed by atoms with van der Waals surface area (Å²) in [5, 5.41) is 21.7. The molecule has 2 aromatic heterocycles. The standard InChI is InChI=1S/C13H11ClN4O/c1-15-13-17-16-12(10-3-2-6-18(10)13)9-5-4-8(14)7-11(9)19/h2-7,19H,1H3,(H,15,17). The number of anilines is 1. The molecular weight excluding hydrogens is 264 g/mol. The summed E-state index contributed by atoms with van der Waals surface area (Å²) in [6.07, 6.45) is 1.88. The van der Waals surface area contributed by atoms with Gasteiger partial charge in [-0.05, 0) is 30.3 Å². The molecule has 5 nitrogen and oxygen atoms in total. The van der Waals surface area contributed by atoms with Gasteiger partial charge in [-0.1, -0.05) is 11.6 Å². The van der Waals surface area contributed by atoms with Crippen LogP contribution < -0.4 is 5.32 Å². The Morgan fingerprint density at radius 2 is 2.11 bits per heavy atom. The van der Waals surface area contributed by atoms with Gasteiger partial charge in [-0.15, -0.1) is 10.2 Å². The third kappa shape index (κ3) is 1.88. The topological polar surface area (TPSA) is 62.5 Å². The van der Waals surface area contributed by atoms with Gasteiger partial charge in [0.2, 0.25) is 5.95 Å². The zero-order valence-corrected chi connectivity index (χ0v) is 10.9. The quantitative estimate of drug-likeness (QED) is 0.754. The summed E-state index contributed by atoms with van der Waals surface area (Å²) in [6.45, 7) is 0. The van der Waals surface area contributed by atoms with Gasteiger partial charge in [0.15, 0.2) is 0 Å². The van der Waals surface area contributed by atoms with Crippen LogP contribution in [-0.2, 0) is 0 Å². The summed E-state index contributed by atoms with van der Waals surface area (Å²) in [7, 11) is 1.78. The summed E-state index contributed by atoms with van der Waals surface area (Å²) in [4.78, 5) is 0. The lowest BCUT2D eigenvalue weighted by atomic mass is 10.1. The summed E-state index contributed by atoms with van der Waals surface area (Å²) in [5.41, 5.74) is 2.07. The number of benzene rings is 1. The van der Waals surface area contributed by atoms with Crippen LogP contribution in [0.25, 0.3) is 16.8 Å². The number of rotatable bonds is 2. The smallest absolute Gasteiger partial charge is 0.227 e. The summed E-state index contributed by atoms with van der Waals surface area (Å²) >= 11 is 5.84. The third-order valence-corrected chi connectivity index (χ3v) is 3.14. The average molecular weight is 275 g/mol. The van der Waals surface area contributed by atoms with Gasteiger partial charge in [0.1, 0.15) is 11.4 Å². The van der Waals surface area contributed by atoms with Gasteiger partial charge in [0, 0.05) is 23.8 Å².